The monoisotopic (exact) mass is 344 g/mol. The third-order valence-corrected chi connectivity index (χ3v) is 4.63. The minimum Gasteiger partial charge on any atom is -0.332 e. The molecule has 5 nitrogen and oxygen atoms in total. The first-order chi connectivity index (χ1) is 10.8. The summed E-state index contributed by atoms with van der Waals surface area (Å²) in [5, 5.41) is 0.277. The molecule has 0 N–H and O–H groups in total. The summed E-state index contributed by atoms with van der Waals surface area (Å²) in [5.41, 5.74) is -0.642. The molecule has 23 heavy (non-hydrogen) atoms. The van der Waals surface area contributed by atoms with E-state index >= 15 is 0 Å². The molecule has 1 amide bonds. The lowest BCUT2D eigenvalue weighted by atomic mass is 10.2. The number of carbonyl (C=O) groups excluding carboxylic acids is 1. The molecule has 0 spiro atoms. The van der Waals surface area contributed by atoms with E-state index in [0.29, 0.717) is 9.60 Å². The number of halogens is 3. The lowest BCUT2D eigenvalue weighted by Gasteiger charge is -2.18. The predicted molar refractivity (Wildman–Crippen MR) is 78.6 cm³/mol. The van der Waals surface area contributed by atoms with E-state index in [1.165, 1.54) is 6.07 Å². The summed E-state index contributed by atoms with van der Waals surface area (Å²) >= 11 is 0.800. The molecule has 9 heteroatoms. The fraction of sp³-hybridized carbons (Fsp3) is 0.357. The van der Waals surface area contributed by atoms with Gasteiger partial charge in [0.25, 0.3) is 5.56 Å². The van der Waals surface area contributed by atoms with E-state index in [4.69, 9.17) is 0 Å². The van der Waals surface area contributed by atoms with Crippen LogP contribution in [0.25, 0.3) is 10.1 Å². The van der Waals surface area contributed by atoms with E-state index < -0.39 is 35.1 Å². The number of likely N-dealkylation sites (tertiary alicyclic amines) is 1. The van der Waals surface area contributed by atoms with Gasteiger partial charge in [-0.1, -0.05) is 23.5 Å². The Morgan fingerprint density at radius 3 is 2.57 bits per heavy atom. The molecule has 122 valence electrons. The van der Waals surface area contributed by atoms with Gasteiger partial charge in [-0.2, -0.15) is 13.2 Å². The summed E-state index contributed by atoms with van der Waals surface area (Å²) < 4.78 is 38.6. The zero-order valence-electron chi connectivity index (χ0n) is 11.7. The van der Waals surface area contributed by atoms with E-state index in [1.807, 2.05) is 0 Å². The third kappa shape index (κ3) is 2.88. The van der Waals surface area contributed by atoms with Gasteiger partial charge in [0.05, 0.1) is 5.39 Å². The van der Waals surface area contributed by atoms with E-state index in [0.717, 1.165) is 15.9 Å². The normalized spacial score (nSPS) is 18.8. The molecule has 1 aliphatic heterocycles. The minimum atomic E-state index is -4.51. The van der Waals surface area contributed by atoms with Crippen molar-refractivity contribution < 1.29 is 18.0 Å². The molecule has 1 aromatic carbocycles. The van der Waals surface area contributed by atoms with Gasteiger partial charge >= 0.3 is 11.0 Å². The summed E-state index contributed by atoms with van der Waals surface area (Å²) in [7, 11) is 0. The van der Waals surface area contributed by atoms with Crippen molar-refractivity contribution >= 4 is 27.3 Å². The van der Waals surface area contributed by atoms with Crippen molar-refractivity contribution in [1.82, 2.24) is 9.47 Å². The highest BCUT2D eigenvalue weighted by molar-refractivity contribution is 7.16. The number of hydrogen-bond acceptors (Lipinski definition) is 4. The highest BCUT2D eigenvalue weighted by Crippen LogP contribution is 2.26. The lowest BCUT2D eigenvalue weighted by Crippen LogP contribution is -2.41. The van der Waals surface area contributed by atoms with Crippen LogP contribution in [0, 0.1) is 0 Å². The number of fused-ring (bicyclic) bond motifs is 1. The Hall–Kier alpha value is -2.16. The molecular formula is C14H11F3N2O3S. The van der Waals surface area contributed by atoms with Crippen LogP contribution >= 0.6 is 11.3 Å². The third-order valence-electron chi connectivity index (χ3n) is 3.68. The largest absolute Gasteiger partial charge is 0.406 e. The Kier molecular flexibility index (Phi) is 3.75. The maximum absolute atomic E-state index is 12.5. The second-order valence-electron chi connectivity index (χ2n) is 5.22. The second kappa shape index (κ2) is 5.48. The SMILES string of the molecule is O=C1C(n2c(=O)sc3ccccc3c2=O)CCN1CC(F)(F)F. The van der Waals surface area contributed by atoms with Gasteiger partial charge in [-0.25, -0.2) is 0 Å². The van der Waals surface area contributed by atoms with Crippen LogP contribution in [0.1, 0.15) is 12.5 Å². The Bertz CT molecular complexity index is 887. The topological polar surface area (TPSA) is 59.4 Å². The van der Waals surface area contributed by atoms with Crippen molar-refractivity contribution in [1.29, 1.82) is 0 Å². The average molecular weight is 344 g/mol. The van der Waals surface area contributed by atoms with Crippen molar-refractivity contribution in [2.75, 3.05) is 13.1 Å². The summed E-state index contributed by atoms with van der Waals surface area (Å²) in [6.45, 7) is -1.51. The molecule has 1 saturated heterocycles. The average Bonchev–Trinajstić information content (AvgIpc) is 2.79. The van der Waals surface area contributed by atoms with Gasteiger partial charge in [0, 0.05) is 11.2 Å². The maximum atomic E-state index is 12.5. The van der Waals surface area contributed by atoms with Crippen LogP contribution in [0.3, 0.4) is 0 Å². The van der Waals surface area contributed by atoms with Crippen molar-refractivity contribution in [3.8, 4) is 0 Å². The number of nitrogens with zero attached hydrogens (tertiary/aromatic N) is 2. The van der Waals surface area contributed by atoms with Gasteiger partial charge in [0.15, 0.2) is 0 Å². The molecule has 0 saturated carbocycles. The number of carbonyl (C=O) groups is 1. The van der Waals surface area contributed by atoms with E-state index in [9.17, 15) is 27.6 Å². The van der Waals surface area contributed by atoms with Gasteiger partial charge in [-0.3, -0.25) is 19.0 Å². The number of rotatable bonds is 2. The zero-order valence-corrected chi connectivity index (χ0v) is 12.5. The molecule has 3 rings (SSSR count). The molecular weight excluding hydrogens is 333 g/mol. The molecule has 2 heterocycles. The van der Waals surface area contributed by atoms with Crippen LogP contribution in [-0.4, -0.2) is 34.6 Å². The lowest BCUT2D eigenvalue weighted by molar-refractivity contribution is -0.158. The van der Waals surface area contributed by atoms with E-state index in [2.05, 4.69) is 0 Å². The van der Waals surface area contributed by atoms with Crippen LogP contribution in [0.15, 0.2) is 33.9 Å². The number of benzene rings is 1. The number of amides is 1. The standard InChI is InChI=1S/C14H11F3N2O3S/c15-14(16,17)7-18-6-5-9(12(18)21)19-11(20)8-3-1-2-4-10(8)23-13(19)22/h1-4,9H,5-7H2. The second-order valence-corrected chi connectivity index (χ2v) is 6.21. The Morgan fingerprint density at radius 1 is 1.17 bits per heavy atom. The van der Waals surface area contributed by atoms with Crippen LogP contribution in [0.4, 0.5) is 13.2 Å². The first-order valence-electron chi connectivity index (χ1n) is 6.78. The van der Waals surface area contributed by atoms with Crippen LogP contribution in [-0.2, 0) is 4.79 Å². The van der Waals surface area contributed by atoms with Gasteiger partial charge in [-0.15, -0.1) is 0 Å². The fourth-order valence-electron chi connectivity index (χ4n) is 2.69. The molecule has 1 unspecified atom stereocenters. The van der Waals surface area contributed by atoms with Gasteiger partial charge in [-0.05, 0) is 18.6 Å². The smallest absolute Gasteiger partial charge is 0.332 e. The van der Waals surface area contributed by atoms with Gasteiger partial charge < -0.3 is 4.90 Å². The predicted octanol–water partition coefficient (Wildman–Crippen LogP) is 1.76. The van der Waals surface area contributed by atoms with E-state index in [-0.39, 0.29) is 18.4 Å². The molecule has 1 atom stereocenters. The summed E-state index contributed by atoms with van der Waals surface area (Å²) in [4.78, 5) is 36.8. The molecule has 1 fully saturated rings. The molecule has 1 aromatic heterocycles. The van der Waals surface area contributed by atoms with Gasteiger partial charge in [0.2, 0.25) is 5.91 Å². The summed E-state index contributed by atoms with van der Waals surface area (Å²) in [5.74, 6) is -0.844. The first-order valence-corrected chi connectivity index (χ1v) is 7.59. The quantitative estimate of drug-likeness (QED) is 0.834. The van der Waals surface area contributed by atoms with Crippen LogP contribution in [0.2, 0.25) is 0 Å². The highest BCUT2D eigenvalue weighted by Gasteiger charge is 2.41. The minimum absolute atomic E-state index is 0.00905. The van der Waals surface area contributed by atoms with E-state index in [1.54, 1.807) is 18.2 Å². The zero-order chi connectivity index (χ0) is 16.8. The summed E-state index contributed by atoms with van der Waals surface area (Å²) in [6.07, 6.45) is -4.50. The van der Waals surface area contributed by atoms with Crippen LogP contribution < -0.4 is 10.4 Å². The molecule has 0 radical (unpaired) electrons. The van der Waals surface area contributed by atoms with Crippen molar-refractivity contribution in [3.05, 3.63) is 44.3 Å². The molecule has 2 aromatic rings. The number of alkyl halides is 3. The molecule has 0 aliphatic carbocycles. The molecule has 1 aliphatic rings. The van der Waals surface area contributed by atoms with Crippen molar-refractivity contribution in [2.24, 2.45) is 0 Å². The molecule has 0 bridgehead atoms. The number of hydrogen-bond donors (Lipinski definition) is 0. The Morgan fingerprint density at radius 2 is 1.87 bits per heavy atom. The van der Waals surface area contributed by atoms with Crippen molar-refractivity contribution in [2.45, 2.75) is 18.6 Å². The van der Waals surface area contributed by atoms with Gasteiger partial charge in [0.1, 0.15) is 12.6 Å². The highest BCUT2D eigenvalue weighted by atomic mass is 32.1. The number of aromatic nitrogens is 1. The maximum Gasteiger partial charge on any atom is 0.406 e. The Labute approximate surface area is 131 Å². The van der Waals surface area contributed by atoms with Crippen LogP contribution in [0.5, 0.6) is 0 Å². The van der Waals surface area contributed by atoms with Crippen molar-refractivity contribution in [3.63, 3.8) is 0 Å². The fourth-order valence-corrected chi connectivity index (χ4v) is 3.60. The Balaban J connectivity index is 2.03. The summed E-state index contributed by atoms with van der Waals surface area (Å²) in [6, 6.07) is 5.26. The first kappa shape index (κ1) is 15.7.